The molecule has 3 rings (SSSR count). The Morgan fingerprint density at radius 1 is 1.47 bits per heavy atom. The molecule has 5 nitrogen and oxygen atoms in total. The van der Waals surface area contributed by atoms with Crippen LogP contribution in [0.4, 0.5) is 5.69 Å². The highest BCUT2D eigenvalue weighted by molar-refractivity contribution is 7.93. The average molecular weight is 280 g/mol. The van der Waals surface area contributed by atoms with Gasteiger partial charge in [0.1, 0.15) is 5.66 Å². The summed E-state index contributed by atoms with van der Waals surface area (Å²) in [7, 11) is -1.02. The van der Waals surface area contributed by atoms with Gasteiger partial charge in [-0.2, -0.15) is 0 Å². The van der Waals surface area contributed by atoms with Crippen molar-refractivity contribution in [2.45, 2.75) is 23.4 Å². The van der Waals surface area contributed by atoms with E-state index in [2.05, 4.69) is 9.68 Å². The third-order valence-electron chi connectivity index (χ3n) is 3.71. The molecule has 19 heavy (non-hydrogen) atoms. The number of fused-ring (bicyclic) bond motifs is 1. The molecule has 1 heterocycles. The number of methoxy groups -OCH3 is 1. The Labute approximate surface area is 112 Å². The lowest BCUT2D eigenvalue weighted by molar-refractivity contribution is -0.150. The first-order chi connectivity index (χ1) is 8.96. The zero-order chi connectivity index (χ0) is 13.7. The van der Waals surface area contributed by atoms with E-state index in [1.807, 2.05) is 24.3 Å². The van der Waals surface area contributed by atoms with Crippen molar-refractivity contribution in [3.05, 3.63) is 24.3 Å². The maximum Gasteiger partial charge on any atom is 0.308 e. The van der Waals surface area contributed by atoms with Crippen LogP contribution in [0.25, 0.3) is 0 Å². The van der Waals surface area contributed by atoms with E-state index < -0.39 is 15.4 Å². The maximum atomic E-state index is 12.7. The molecular formula is C13H16N2O3S. The fraction of sp³-hybridized carbons (Fsp3) is 0.462. The molecule has 1 fully saturated rings. The summed E-state index contributed by atoms with van der Waals surface area (Å²) in [4.78, 5) is 12.2. The molecule has 6 heteroatoms. The second kappa shape index (κ2) is 3.96. The number of benzene rings is 1. The van der Waals surface area contributed by atoms with Crippen LogP contribution in [-0.2, 0) is 19.3 Å². The van der Waals surface area contributed by atoms with Crippen LogP contribution in [0.1, 0.15) is 12.8 Å². The van der Waals surface area contributed by atoms with E-state index in [4.69, 9.17) is 4.74 Å². The topological polar surface area (TPSA) is 67.8 Å². The van der Waals surface area contributed by atoms with Crippen LogP contribution in [-0.4, -0.2) is 29.2 Å². The average Bonchev–Trinajstić information content (AvgIpc) is 2.34. The fourth-order valence-electron chi connectivity index (χ4n) is 2.82. The number of esters is 1. The third kappa shape index (κ3) is 1.90. The van der Waals surface area contributed by atoms with Crippen LogP contribution in [0.5, 0.6) is 0 Å². The highest BCUT2D eigenvalue weighted by atomic mass is 32.2. The van der Waals surface area contributed by atoms with Crippen LogP contribution in [0.3, 0.4) is 0 Å². The van der Waals surface area contributed by atoms with Crippen LogP contribution in [0.15, 0.2) is 33.5 Å². The van der Waals surface area contributed by atoms with E-state index in [1.54, 1.807) is 6.26 Å². The SMILES string of the molecule is COC(=O)C1CC2(C1)N=S(C)(=O)c1ccccc1N2. The van der Waals surface area contributed by atoms with E-state index in [1.165, 1.54) is 7.11 Å². The minimum atomic E-state index is -2.41. The first-order valence-electron chi connectivity index (χ1n) is 6.14. The minimum Gasteiger partial charge on any atom is -0.469 e. The Kier molecular flexibility index (Phi) is 2.60. The largest absolute Gasteiger partial charge is 0.469 e. The second-order valence-corrected chi connectivity index (χ2v) is 7.40. The van der Waals surface area contributed by atoms with Crippen molar-refractivity contribution >= 4 is 21.4 Å². The number of ether oxygens (including phenoxy) is 1. The number of para-hydroxylation sites is 1. The van der Waals surface area contributed by atoms with Gasteiger partial charge in [0.05, 0.1) is 33.3 Å². The van der Waals surface area contributed by atoms with Crippen molar-refractivity contribution < 1.29 is 13.7 Å². The van der Waals surface area contributed by atoms with Crippen molar-refractivity contribution in [2.24, 2.45) is 10.3 Å². The van der Waals surface area contributed by atoms with Crippen LogP contribution in [0, 0.1) is 5.92 Å². The number of nitrogens with one attached hydrogen (secondary N) is 1. The molecule has 1 aromatic rings. The maximum absolute atomic E-state index is 12.7. The molecule has 1 N–H and O–H groups in total. The number of nitrogens with zero attached hydrogens (tertiary/aromatic N) is 1. The van der Waals surface area contributed by atoms with Crippen molar-refractivity contribution in [3.8, 4) is 0 Å². The Hall–Kier alpha value is -1.56. The zero-order valence-electron chi connectivity index (χ0n) is 10.9. The first kappa shape index (κ1) is 12.5. The number of hydrogen-bond acceptors (Lipinski definition) is 5. The molecule has 1 aromatic carbocycles. The number of anilines is 1. The number of carbonyl (C=O) groups is 1. The summed E-state index contributed by atoms with van der Waals surface area (Å²) in [6.07, 6.45) is 2.73. The van der Waals surface area contributed by atoms with E-state index in [0.29, 0.717) is 12.8 Å². The van der Waals surface area contributed by atoms with Gasteiger partial charge < -0.3 is 10.1 Å². The van der Waals surface area contributed by atoms with Gasteiger partial charge in [-0.25, -0.2) is 8.57 Å². The van der Waals surface area contributed by atoms with Gasteiger partial charge in [0.25, 0.3) is 0 Å². The molecule has 1 spiro atoms. The van der Waals surface area contributed by atoms with Crippen molar-refractivity contribution in [2.75, 3.05) is 18.7 Å². The highest BCUT2D eigenvalue weighted by Crippen LogP contribution is 2.46. The standard InChI is InChI=1S/C13H16N2O3S/c1-18-12(16)9-7-13(8-9)14-10-5-3-4-6-11(10)19(2,17)15-13/h3-6,9,14H,7-8H2,1-2H3. The van der Waals surface area contributed by atoms with Crippen LogP contribution >= 0.6 is 0 Å². The van der Waals surface area contributed by atoms with Crippen molar-refractivity contribution in [3.63, 3.8) is 0 Å². The molecular weight excluding hydrogens is 264 g/mol. The summed E-state index contributed by atoms with van der Waals surface area (Å²) >= 11 is 0. The van der Waals surface area contributed by atoms with Crippen LogP contribution < -0.4 is 5.32 Å². The molecule has 0 amide bonds. The molecule has 0 radical (unpaired) electrons. The summed E-state index contributed by atoms with van der Waals surface area (Å²) in [5.41, 5.74) is 0.285. The normalized spacial score (nSPS) is 35.6. The quantitative estimate of drug-likeness (QED) is 0.797. The molecule has 1 atom stereocenters. The molecule has 1 aliphatic heterocycles. The molecule has 1 unspecified atom stereocenters. The Balaban J connectivity index is 1.94. The molecule has 1 aliphatic carbocycles. The van der Waals surface area contributed by atoms with Gasteiger partial charge in [0, 0.05) is 19.1 Å². The monoisotopic (exact) mass is 280 g/mol. The number of carbonyl (C=O) groups excluding carboxylic acids is 1. The van der Waals surface area contributed by atoms with E-state index in [-0.39, 0.29) is 11.9 Å². The lowest BCUT2D eigenvalue weighted by Crippen LogP contribution is -2.53. The van der Waals surface area contributed by atoms with Gasteiger partial charge in [-0.15, -0.1) is 0 Å². The predicted molar refractivity (Wildman–Crippen MR) is 72.3 cm³/mol. The molecule has 0 bridgehead atoms. The minimum absolute atomic E-state index is 0.151. The van der Waals surface area contributed by atoms with Crippen LogP contribution in [0.2, 0.25) is 0 Å². The van der Waals surface area contributed by atoms with Gasteiger partial charge in [-0.05, 0) is 12.1 Å². The smallest absolute Gasteiger partial charge is 0.308 e. The zero-order valence-corrected chi connectivity index (χ0v) is 11.7. The summed E-state index contributed by atoms with van der Waals surface area (Å²) in [6, 6.07) is 7.49. The van der Waals surface area contributed by atoms with Gasteiger partial charge >= 0.3 is 5.97 Å². The van der Waals surface area contributed by atoms with E-state index >= 15 is 0 Å². The van der Waals surface area contributed by atoms with Crippen molar-refractivity contribution in [1.29, 1.82) is 0 Å². The molecule has 102 valence electrons. The summed E-state index contributed by atoms with van der Waals surface area (Å²) in [5.74, 6) is -0.370. The third-order valence-corrected chi connectivity index (χ3v) is 5.58. The van der Waals surface area contributed by atoms with Gasteiger partial charge in [0.15, 0.2) is 0 Å². The van der Waals surface area contributed by atoms with Gasteiger partial charge in [-0.1, -0.05) is 12.1 Å². The second-order valence-electron chi connectivity index (χ2n) is 5.17. The van der Waals surface area contributed by atoms with Gasteiger partial charge in [0.2, 0.25) is 0 Å². The molecule has 0 saturated heterocycles. The number of rotatable bonds is 1. The Morgan fingerprint density at radius 3 is 2.84 bits per heavy atom. The van der Waals surface area contributed by atoms with E-state index in [0.717, 1.165) is 10.6 Å². The highest BCUT2D eigenvalue weighted by Gasteiger charge is 2.51. The Morgan fingerprint density at radius 2 is 2.16 bits per heavy atom. The Bertz CT molecular complexity index is 656. The first-order valence-corrected chi connectivity index (χ1v) is 8.06. The lowest BCUT2D eigenvalue weighted by atomic mass is 9.74. The summed E-state index contributed by atoms with van der Waals surface area (Å²) in [6.45, 7) is 0. The summed E-state index contributed by atoms with van der Waals surface area (Å²) in [5, 5.41) is 3.32. The number of hydrogen-bond donors (Lipinski definition) is 1. The molecule has 2 aliphatic rings. The van der Waals surface area contributed by atoms with E-state index in [9.17, 15) is 9.00 Å². The predicted octanol–water partition coefficient (Wildman–Crippen LogP) is 1.85. The molecule has 1 saturated carbocycles. The molecule has 0 aromatic heterocycles. The van der Waals surface area contributed by atoms with Gasteiger partial charge in [-0.3, -0.25) is 4.79 Å². The van der Waals surface area contributed by atoms with Crippen molar-refractivity contribution in [1.82, 2.24) is 0 Å². The summed E-state index contributed by atoms with van der Waals surface area (Å²) < 4.78 is 21.9. The lowest BCUT2D eigenvalue weighted by Gasteiger charge is -2.46. The fourth-order valence-corrected chi connectivity index (χ4v) is 4.64.